The van der Waals surface area contributed by atoms with Gasteiger partial charge < -0.3 is 9.94 Å². The number of fused-ring (bicyclic) bond motifs is 1. The van der Waals surface area contributed by atoms with Gasteiger partial charge in [-0.1, -0.05) is 41.3 Å². The standard InChI is InChI=1S/C17H14N2O2/c1-21-15-11-9-14(10-12-15)19(20)18-17-8-4-6-13-5-2-3-7-16(13)17/h2-12H,1H3. The maximum atomic E-state index is 12.2. The largest absolute Gasteiger partial charge is 0.594 e. The second-order valence-corrected chi connectivity index (χ2v) is 4.57. The quantitative estimate of drug-likeness (QED) is 0.393. The minimum absolute atomic E-state index is 0.462. The summed E-state index contributed by atoms with van der Waals surface area (Å²) in [5.41, 5.74) is 1.11. The van der Waals surface area contributed by atoms with E-state index in [2.05, 4.69) is 5.11 Å². The molecule has 4 nitrogen and oxygen atoms in total. The SMILES string of the molecule is COc1ccc([N+]([O-])=Nc2cccc3ccccc23)cc1. The van der Waals surface area contributed by atoms with Crippen molar-refractivity contribution >= 4 is 22.1 Å². The molecule has 0 aliphatic heterocycles. The molecule has 0 aliphatic carbocycles. The fraction of sp³-hybridized carbons (Fsp3) is 0.0588. The molecule has 104 valence electrons. The summed E-state index contributed by atoms with van der Waals surface area (Å²) in [4.78, 5) is 0.626. The first-order chi connectivity index (χ1) is 10.3. The first-order valence-electron chi connectivity index (χ1n) is 6.58. The van der Waals surface area contributed by atoms with E-state index in [9.17, 15) is 5.21 Å². The molecule has 3 aromatic carbocycles. The first-order valence-corrected chi connectivity index (χ1v) is 6.58. The summed E-state index contributed by atoms with van der Waals surface area (Å²) in [6.07, 6.45) is 0. The van der Waals surface area contributed by atoms with E-state index < -0.39 is 0 Å². The maximum absolute atomic E-state index is 12.2. The molecule has 3 aromatic rings. The van der Waals surface area contributed by atoms with Gasteiger partial charge in [-0.2, -0.15) is 0 Å². The Morgan fingerprint density at radius 1 is 0.905 bits per heavy atom. The highest BCUT2D eigenvalue weighted by Crippen LogP contribution is 2.27. The molecule has 21 heavy (non-hydrogen) atoms. The van der Waals surface area contributed by atoms with Crippen LogP contribution in [0.2, 0.25) is 0 Å². The van der Waals surface area contributed by atoms with E-state index in [-0.39, 0.29) is 0 Å². The van der Waals surface area contributed by atoms with Crippen molar-refractivity contribution in [1.29, 1.82) is 0 Å². The minimum atomic E-state index is 0.462. The molecule has 0 aliphatic rings. The molecule has 4 heteroatoms. The zero-order valence-corrected chi connectivity index (χ0v) is 11.6. The van der Waals surface area contributed by atoms with Gasteiger partial charge in [-0.15, -0.1) is 0 Å². The predicted octanol–water partition coefficient (Wildman–Crippen LogP) is 4.77. The molecule has 0 aromatic heterocycles. The van der Waals surface area contributed by atoms with Crippen LogP contribution in [-0.2, 0) is 0 Å². The molecule has 0 bridgehead atoms. The van der Waals surface area contributed by atoms with E-state index in [1.807, 2.05) is 42.5 Å². The van der Waals surface area contributed by atoms with Gasteiger partial charge in [-0.25, -0.2) is 0 Å². The van der Waals surface area contributed by atoms with Crippen LogP contribution in [0.3, 0.4) is 0 Å². The minimum Gasteiger partial charge on any atom is -0.594 e. The van der Waals surface area contributed by atoms with Crippen LogP contribution in [0.5, 0.6) is 5.75 Å². The highest BCUT2D eigenvalue weighted by Gasteiger charge is 2.06. The number of ether oxygens (including phenoxy) is 1. The van der Waals surface area contributed by atoms with Crippen molar-refractivity contribution in [3.05, 3.63) is 71.9 Å². The average molecular weight is 278 g/mol. The van der Waals surface area contributed by atoms with E-state index in [1.54, 1.807) is 31.4 Å². The van der Waals surface area contributed by atoms with E-state index in [0.29, 0.717) is 22.0 Å². The monoisotopic (exact) mass is 278 g/mol. The Hall–Kier alpha value is -2.88. The molecule has 0 saturated carbocycles. The third kappa shape index (κ3) is 2.69. The summed E-state index contributed by atoms with van der Waals surface area (Å²) < 4.78 is 5.07. The fourth-order valence-electron chi connectivity index (χ4n) is 2.16. The van der Waals surface area contributed by atoms with E-state index >= 15 is 0 Å². The van der Waals surface area contributed by atoms with E-state index in [0.717, 1.165) is 10.8 Å². The number of hydrogen-bond donors (Lipinski definition) is 0. The van der Waals surface area contributed by atoms with Crippen LogP contribution in [0.4, 0.5) is 11.4 Å². The smallest absolute Gasteiger partial charge is 0.245 e. The second kappa shape index (κ2) is 5.63. The molecule has 3 rings (SSSR count). The zero-order chi connectivity index (χ0) is 14.7. The Kier molecular flexibility index (Phi) is 3.51. The molecule has 0 unspecified atom stereocenters. The molecule has 0 saturated heterocycles. The predicted molar refractivity (Wildman–Crippen MR) is 82.3 cm³/mol. The maximum Gasteiger partial charge on any atom is 0.245 e. The topological polar surface area (TPSA) is 47.7 Å². The third-order valence-corrected chi connectivity index (χ3v) is 3.26. The van der Waals surface area contributed by atoms with Crippen LogP contribution in [0.15, 0.2) is 71.8 Å². The van der Waals surface area contributed by atoms with Gasteiger partial charge in [0.2, 0.25) is 5.69 Å². The van der Waals surface area contributed by atoms with Gasteiger partial charge in [0.25, 0.3) is 0 Å². The average Bonchev–Trinajstić information content (AvgIpc) is 2.55. The number of azo groups is 1. The van der Waals surface area contributed by atoms with Crippen LogP contribution in [0, 0.1) is 5.21 Å². The number of hydrogen-bond acceptors (Lipinski definition) is 3. The first kappa shape index (κ1) is 13.1. The summed E-state index contributed by atoms with van der Waals surface area (Å²) in [5.74, 6) is 0.706. The lowest BCUT2D eigenvalue weighted by Gasteiger charge is -2.03. The van der Waals surface area contributed by atoms with Crippen molar-refractivity contribution in [3.8, 4) is 5.75 Å². The van der Waals surface area contributed by atoms with Gasteiger partial charge >= 0.3 is 0 Å². The van der Waals surface area contributed by atoms with E-state index in [4.69, 9.17) is 4.74 Å². The van der Waals surface area contributed by atoms with Crippen LogP contribution in [-0.4, -0.2) is 12.0 Å². The van der Waals surface area contributed by atoms with E-state index in [1.165, 1.54) is 0 Å². The summed E-state index contributed by atoms with van der Waals surface area (Å²) in [5, 5.41) is 18.3. The second-order valence-electron chi connectivity index (χ2n) is 4.57. The Balaban J connectivity index is 2.02. The Labute approximate surface area is 122 Å². The third-order valence-electron chi connectivity index (χ3n) is 3.26. The number of methoxy groups -OCH3 is 1. The number of nitrogens with zero attached hydrogens (tertiary/aromatic N) is 2. The highest BCUT2D eigenvalue weighted by molar-refractivity contribution is 5.92. The lowest BCUT2D eigenvalue weighted by Crippen LogP contribution is -1.91. The van der Waals surface area contributed by atoms with Crippen molar-refractivity contribution in [3.63, 3.8) is 0 Å². The Morgan fingerprint density at radius 3 is 2.38 bits per heavy atom. The number of benzene rings is 3. The highest BCUT2D eigenvalue weighted by atomic mass is 16.5. The molecular formula is C17H14N2O2. The summed E-state index contributed by atoms with van der Waals surface area (Å²) in [6.45, 7) is 0. The molecule has 0 atom stereocenters. The van der Waals surface area contributed by atoms with Crippen LogP contribution < -0.4 is 4.74 Å². The Bertz CT molecular complexity index is 790. The molecule has 0 fully saturated rings. The van der Waals surface area contributed by atoms with Crippen molar-refractivity contribution in [1.82, 2.24) is 0 Å². The van der Waals surface area contributed by atoms with Crippen molar-refractivity contribution in [2.75, 3.05) is 7.11 Å². The van der Waals surface area contributed by atoms with Crippen LogP contribution in [0.1, 0.15) is 0 Å². The Morgan fingerprint density at radius 2 is 1.62 bits per heavy atom. The summed E-state index contributed by atoms with van der Waals surface area (Å²) in [6, 6.07) is 20.4. The van der Waals surface area contributed by atoms with Crippen molar-refractivity contribution in [2.24, 2.45) is 5.11 Å². The fourth-order valence-corrected chi connectivity index (χ4v) is 2.16. The molecular weight excluding hydrogens is 264 g/mol. The lowest BCUT2D eigenvalue weighted by molar-refractivity contribution is -0.435. The molecule has 0 heterocycles. The molecule has 0 amide bonds. The van der Waals surface area contributed by atoms with Gasteiger partial charge in [-0.05, 0) is 23.6 Å². The normalized spacial score (nSPS) is 11.6. The molecule has 0 spiro atoms. The molecule has 0 N–H and O–H groups in total. The van der Waals surface area contributed by atoms with Crippen molar-refractivity contribution < 1.29 is 9.60 Å². The van der Waals surface area contributed by atoms with Crippen LogP contribution in [0.25, 0.3) is 10.8 Å². The van der Waals surface area contributed by atoms with Gasteiger partial charge in [0.15, 0.2) is 0 Å². The number of rotatable bonds is 3. The van der Waals surface area contributed by atoms with Crippen molar-refractivity contribution in [2.45, 2.75) is 0 Å². The summed E-state index contributed by atoms with van der Waals surface area (Å²) in [7, 11) is 1.59. The van der Waals surface area contributed by atoms with Gasteiger partial charge in [-0.3, -0.25) is 0 Å². The zero-order valence-electron chi connectivity index (χ0n) is 11.6. The summed E-state index contributed by atoms with van der Waals surface area (Å²) >= 11 is 0. The van der Waals surface area contributed by atoms with Gasteiger partial charge in [0.05, 0.1) is 7.11 Å². The van der Waals surface area contributed by atoms with Gasteiger partial charge in [0.1, 0.15) is 11.4 Å². The lowest BCUT2D eigenvalue weighted by atomic mass is 10.1. The van der Waals surface area contributed by atoms with Crippen LogP contribution >= 0.6 is 0 Å². The molecule has 0 radical (unpaired) electrons. The van der Waals surface area contributed by atoms with Gasteiger partial charge in [0, 0.05) is 22.6 Å².